The van der Waals surface area contributed by atoms with Gasteiger partial charge in [0.05, 0.1) is 12.1 Å². The first-order valence-electron chi connectivity index (χ1n) is 6.31. The lowest BCUT2D eigenvalue weighted by Gasteiger charge is -2.03. The monoisotopic (exact) mass is 269 g/mol. The molecule has 0 aliphatic rings. The second-order valence-corrected chi connectivity index (χ2v) is 4.40. The molecule has 6 heteroatoms. The molecule has 0 amide bonds. The number of pyridine rings is 1. The number of fused-ring (bicyclic) bond motifs is 1. The Labute approximate surface area is 115 Å². The summed E-state index contributed by atoms with van der Waals surface area (Å²) in [5.74, 6) is 1.86. The standard InChI is InChI=1S/C14H15N5O/c1-15-12-7-6-11-14(18-12)19-13(17-11)8-16-9-2-4-10(20)5-3-9/h2-7,16,20H,8H2,1H3,(H2,15,17,18,19). The number of hydrogen-bond acceptors (Lipinski definition) is 5. The van der Waals surface area contributed by atoms with Crippen molar-refractivity contribution in [3.63, 3.8) is 0 Å². The third kappa shape index (κ3) is 2.49. The Kier molecular flexibility index (Phi) is 3.12. The molecule has 4 N–H and O–H groups in total. The van der Waals surface area contributed by atoms with E-state index < -0.39 is 0 Å². The molecule has 0 saturated carbocycles. The van der Waals surface area contributed by atoms with Gasteiger partial charge in [0.1, 0.15) is 17.4 Å². The third-order valence-corrected chi connectivity index (χ3v) is 2.98. The molecule has 0 spiro atoms. The zero-order valence-corrected chi connectivity index (χ0v) is 11.0. The molecule has 0 bridgehead atoms. The van der Waals surface area contributed by atoms with Crippen LogP contribution in [0.2, 0.25) is 0 Å². The van der Waals surface area contributed by atoms with Gasteiger partial charge in [-0.25, -0.2) is 9.97 Å². The van der Waals surface area contributed by atoms with Gasteiger partial charge in [-0.15, -0.1) is 0 Å². The minimum atomic E-state index is 0.253. The predicted molar refractivity (Wildman–Crippen MR) is 78.9 cm³/mol. The van der Waals surface area contributed by atoms with Gasteiger partial charge in [-0.2, -0.15) is 0 Å². The van der Waals surface area contributed by atoms with Crippen LogP contribution in [0.1, 0.15) is 5.82 Å². The number of phenolic OH excluding ortho intramolecular Hbond substituents is 1. The number of imidazole rings is 1. The number of anilines is 2. The van der Waals surface area contributed by atoms with E-state index >= 15 is 0 Å². The summed E-state index contributed by atoms with van der Waals surface area (Å²) in [6, 6.07) is 10.8. The molecule has 2 heterocycles. The summed E-state index contributed by atoms with van der Waals surface area (Å²) in [6.07, 6.45) is 0. The van der Waals surface area contributed by atoms with Gasteiger partial charge < -0.3 is 20.7 Å². The Hall–Kier alpha value is -2.76. The molecule has 0 fully saturated rings. The highest BCUT2D eigenvalue weighted by atomic mass is 16.3. The van der Waals surface area contributed by atoms with E-state index in [0.29, 0.717) is 12.2 Å². The summed E-state index contributed by atoms with van der Waals surface area (Å²) in [7, 11) is 1.83. The van der Waals surface area contributed by atoms with E-state index in [2.05, 4.69) is 25.6 Å². The Morgan fingerprint density at radius 3 is 2.65 bits per heavy atom. The average molecular weight is 269 g/mol. The molecule has 0 atom stereocenters. The highest BCUT2D eigenvalue weighted by molar-refractivity contribution is 5.72. The summed E-state index contributed by atoms with van der Waals surface area (Å²) in [5, 5.41) is 15.4. The molecular weight excluding hydrogens is 254 g/mol. The number of aromatic amines is 1. The number of benzene rings is 1. The van der Waals surface area contributed by atoms with Crippen molar-refractivity contribution in [3.05, 3.63) is 42.2 Å². The van der Waals surface area contributed by atoms with Crippen LogP contribution in [0.3, 0.4) is 0 Å². The Bertz CT molecular complexity index is 720. The lowest BCUT2D eigenvalue weighted by Crippen LogP contribution is -2.00. The fourth-order valence-electron chi connectivity index (χ4n) is 1.93. The number of nitrogens with one attached hydrogen (secondary N) is 3. The Morgan fingerprint density at radius 1 is 1.10 bits per heavy atom. The van der Waals surface area contributed by atoms with Crippen molar-refractivity contribution in [2.45, 2.75) is 6.54 Å². The minimum absolute atomic E-state index is 0.253. The van der Waals surface area contributed by atoms with Crippen LogP contribution in [0.15, 0.2) is 36.4 Å². The number of aromatic nitrogens is 3. The predicted octanol–water partition coefficient (Wildman–Crippen LogP) is 2.32. The SMILES string of the molecule is CNc1ccc2[nH]c(CNc3ccc(O)cc3)nc2n1. The molecule has 0 saturated heterocycles. The van der Waals surface area contributed by atoms with E-state index in [1.165, 1.54) is 0 Å². The van der Waals surface area contributed by atoms with Crippen LogP contribution < -0.4 is 10.6 Å². The zero-order chi connectivity index (χ0) is 13.9. The van der Waals surface area contributed by atoms with Crippen molar-refractivity contribution < 1.29 is 5.11 Å². The van der Waals surface area contributed by atoms with Gasteiger partial charge >= 0.3 is 0 Å². The molecule has 3 aromatic rings. The van der Waals surface area contributed by atoms with Gasteiger partial charge in [-0.05, 0) is 36.4 Å². The number of phenols is 1. The first kappa shape index (κ1) is 12.3. The molecule has 0 radical (unpaired) electrons. The number of aromatic hydroxyl groups is 1. The highest BCUT2D eigenvalue weighted by Gasteiger charge is 2.04. The molecule has 3 rings (SSSR count). The van der Waals surface area contributed by atoms with E-state index in [0.717, 1.165) is 22.8 Å². The fraction of sp³-hybridized carbons (Fsp3) is 0.143. The molecule has 20 heavy (non-hydrogen) atoms. The maximum absolute atomic E-state index is 9.23. The minimum Gasteiger partial charge on any atom is -0.508 e. The van der Waals surface area contributed by atoms with Crippen molar-refractivity contribution in [1.82, 2.24) is 15.0 Å². The van der Waals surface area contributed by atoms with Crippen LogP contribution in [0.5, 0.6) is 5.75 Å². The molecule has 0 aliphatic carbocycles. The third-order valence-electron chi connectivity index (χ3n) is 2.98. The largest absolute Gasteiger partial charge is 0.508 e. The second-order valence-electron chi connectivity index (χ2n) is 4.40. The average Bonchev–Trinajstić information content (AvgIpc) is 2.88. The first-order chi connectivity index (χ1) is 9.74. The Balaban J connectivity index is 1.75. The lowest BCUT2D eigenvalue weighted by molar-refractivity contribution is 0.475. The number of hydrogen-bond donors (Lipinski definition) is 4. The highest BCUT2D eigenvalue weighted by Crippen LogP contribution is 2.16. The van der Waals surface area contributed by atoms with Crippen LogP contribution in [0.25, 0.3) is 11.2 Å². The molecular formula is C14H15N5O. The summed E-state index contributed by atoms with van der Waals surface area (Å²) < 4.78 is 0. The summed E-state index contributed by atoms with van der Waals surface area (Å²) in [4.78, 5) is 12.0. The first-order valence-corrected chi connectivity index (χ1v) is 6.31. The molecule has 0 unspecified atom stereocenters. The second kappa shape index (κ2) is 5.08. The molecule has 1 aromatic carbocycles. The van der Waals surface area contributed by atoms with Gasteiger partial charge in [0.15, 0.2) is 5.65 Å². The molecule has 102 valence electrons. The normalized spacial score (nSPS) is 10.7. The quantitative estimate of drug-likeness (QED) is 0.546. The van der Waals surface area contributed by atoms with Crippen molar-refractivity contribution in [2.24, 2.45) is 0 Å². The summed E-state index contributed by atoms with van der Waals surface area (Å²) in [6.45, 7) is 0.565. The van der Waals surface area contributed by atoms with E-state index in [1.54, 1.807) is 12.1 Å². The lowest BCUT2D eigenvalue weighted by atomic mass is 10.3. The van der Waals surface area contributed by atoms with Gasteiger partial charge in [-0.3, -0.25) is 0 Å². The van der Waals surface area contributed by atoms with Crippen LogP contribution in [-0.2, 0) is 6.54 Å². The number of rotatable bonds is 4. The summed E-state index contributed by atoms with van der Waals surface area (Å²) >= 11 is 0. The fourth-order valence-corrected chi connectivity index (χ4v) is 1.93. The molecule has 0 aliphatic heterocycles. The zero-order valence-electron chi connectivity index (χ0n) is 11.0. The van der Waals surface area contributed by atoms with Gasteiger partial charge in [0.2, 0.25) is 0 Å². The van der Waals surface area contributed by atoms with Crippen molar-refractivity contribution in [2.75, 3.05) is 17.7 Å². The smallest absolute Gasteiger partial charge is 0.179 e. The summed E-state index contributed by atoms with van der Waals surface area (Å²) in [5.41, 5.74) is 2.53. The van der Waals surface area contributed by atoms with Crippen LogP contribution >= 0.6 is 0 Å². The van der Waals surface area contributed by atoms with E-state index in [9.17, 15) is 5.11 Å². The van der Waals surface area contributed by atoms with Crippen LogP contribution in [0, 0.1) is 0 Å². The molecule has 2 aromatic heterocycles. The maximum Gasteiger partial charge on any atom is 0.179 e. The number of nitrogens with zero attached hydrogens (tertiary/aromatic N) is 2. The van der Waals surface area contributed by atoms with Gasteiger partial charge in [-0.1, -0.05) is 0 Å². The Morgan fingerprint density at radius 2 is 1.90 bits per heavy atom. The van der Waals surface area contributed by atoms with E-state index in [1.807, 2.05) is 31.3 Å². The topological polar surface area (TPSA) is 85.9 Å². The van der Waals surface area contributed by atoms with Crippen molar-refractivity contribution in [3.8, 4) is 5.75 Å². The van der Waals surface area contributed by atoms with Crippen LogP contribution in [-0.4, -0.2) is 27.1 Å². The van der Waals surface area contributed by atoms with E-state index in [-0.39, 0.29) is 5.75 Å². The van der Waals surface area contributed by atoms with Gasteiger partial charge in [0, 0.05) is 12.7 Å². The van der Waals surface area contributed by atoms with E-state index in [4.69, 9.17) is 0 Å². The number of H-pyrrole nitrogens is 1. The van der Waals surface area contributed by atoms with Gasteiger partial charge in [0.25, 0.3) is 0 Å². The van der Waals surface area contributed by atoms with Crippen molar-refractivity contribution >= 4 is 22.7 Å². The molecule has 6 nitrogen and oxygen atoms in total. The maximum atomic E-state index is 9.23. The van der Waals surface area contributed by atoms with Crippen molar-refractivity contribution in [1.29, 1.82) is 0 Å². The van der Waals surface area contributed by atoms with Crippen LogP contribution in [0.4, 0.5) is 11.5 Å².